The summed E-state index contributed by atoms with van der Waals surface area (Å²) in [6.07, 6.45) is 6.82. The fraction of sp³-hybridized carbons (Fsp3) is 0.579. The second-order valence-corrected chi connectivity index (χ2v) is 14.5. The van der Waals surface area contributed by atoms with Crippen molar-refractivity contribution in [3.8, 4) is 0 Å². The molecule has 1 aromatic carbocycles. The Bertz CT molecular complexity index is 759. The van der Waals surface area contributed by atoms with Gasteiger partial charge in [0.05, 0.1) is 16.2 Å². The Morgan fingerprint density at radius 1 is 1.08 bits per heavy atom. The van der Waals surface area contributed by atoms with Gasteiger partial charge >= 0.3 is 0 Å². The first kappa shape index (κ1) is 18.7. The van der Waals surface area contributed by atoms with Crippen LogP contribution in [-0.4, -0.2) is 33.2 Å². The minimum absolute atomic E-state index is 0.369. The zero-order chi connectivity index (χ0) is 18.3. The van der Waals surface area contributed by atoms with Gasteiger partial charge in [-0.05, 0) is 70.8 Å². The van der Waals surface area contributed by atoms with Crippen molar-refractivity contribution < 1.29 is 12.8 Å². The molecular formula is C19H29NO3SSi. The standard InChI is InChI=1S/C19H29NO3SSi/c1-16-9-11-17(12-10-16)24(21,22)20-15-6-5-8-18(20)19(13-7-14-19)23-25(2,3)4/h8-12H,5-7,13-15H2,1-4H3. The van der Waals surface area contributed by atoms with E-state index >= 15 is 0 Å². The van der Waals surface area contributed by atoms with Gasteiger partial charge in [-0.3, -0.25) is 4.31 Å². The third-order valence-corrected chi connectivity index (χ3v) is 7.74. The number of sulfonamides is 1. The molecule has 1 aliphatic heterocycles. The summed E-state index contributed by atoms with van der Waals surface area (Å²) in [5, 5.41) is 0. The monoisotopic (exact) mass is 379 g/mol. The van der Waals surface area contributed by atoms with Crippen molar-refractivity contribution in [2.24, 2.45) is 0 Å². The van der Waals surface area contributed by atoms with Crippen molar-refractivity contribution in [1.82, 2.24) is 4.31 Å². The van der Waals surface area contributed by atoms with E-state index in [1.165, 1.54) is 0 Å². The summed E-state index contributed by atoms with van der Waals surface area (Å²) in [5.74, 6) is 0. The summed E-state index contributed by atoms with van der Waals surface area (Å²) >= 11 is 0. The maximum atomic E-state index is 13.3. The van der Waals surface area contributed by atoms with Crippen molar-refractivity contribution >= 4 is 18.3 Å². The number of allylic oxidation sites excluding steroid dienone is 1. The minimum atomic E-state index is -3.54. The van der Waals surface area contributed by atoms with E-state index < -0.39 is 23.9 Å². The van der Waals surface area contributed by atoms with E-state index in [4.69, 9.17) is 4.43 Å². The molecule has 0 amide bonds. The van der Waals surface area contributed by atoms with Crippen LogP contribution in [-0.2, 0) is 14.4 Å². The average molecular weight is 380 g/mol. The van der Waals surface area contributed by atoms with Gasteiger partial charge < -0.3 is 4.43 Å². The lowest BCUT2D eigenvalue weighted by molar-refractivity contribution is 0.00314. The quantitative estimate of drug-likeness (QED) is 0.711. The minimum Gasteiger partial charge on any atom is -0.407 e. The molecule has 0 N–H and O–H groups in total. The average Bonchev–Trinajstić information content (AvgIpc) is 2.50. The fourth-order valence-corrected chi connectivity index (χ4v) is 6.78. The van der Waals surface area contributed by atoms with Gasteiger partial charge in [0, 0.05) is 6.54 Å². The molecule has 0 atom stereocenters. The van der Waals surface area contributed by atoms with Crippen LogP contribution >= 0.6 is 0 Å². The Kier molecular flexibility index (Phi) is 4.90. The van der Waals surface area contributed by atoms with Crippen molar-refractivity contribution in [1.29, 1.82) is 0 Å². The van der Waals surface area contributed by atoms with E-state index in [1.807, 2.05) is 19.1 Å². The van der Waals surface area contributed by atoms with Crippen molar-refractivity contribution in [2.75, 3.05) is 6.54 Å². The molecule has 1 aliphatic carbocycles. The fourth-order valence-electron chi connectivity index (χ4n) is 3.69. The highest BCUT2D eigenvalue weighted by Crippen LogP contribution is 2.47. The summed E-state index contributed by atoms with van der Waals surface area (Å²) < 4.78 is 34.8. The molecule has 0 saturated heterocycles. The number of hydrogen-bond donors (Lipinski definition) is 0. The lowest BCUT2D eigenvalue weighted by Crippen LogP contribution is -2.54. The predicted octanol–water partition coefficient (Wildman–Crippen LogP) is 4.44. The Balaban J connectivity index is 1.98. The number of aryl methyl sites for hydroxylation is 1. The number of hydrogen-bond acceptors (Lipinski definition) is 3. The Morgan fingerprint density at radius 2 is 1.72 bits per heavy atom. The number of benzene rings is 1. The van der Waals surface area contributed by atoms with Gasteiger partial charge in [-0.25, -0.2) is 8.42 Å². The van der Waals surface area contributed by atoms with Crippen molar-refractivity contribution in [3.63, 3.8) is 0 Å². The third kappa shape index (κ3) is 3.71. The molecule has 0 unspecified atom stereocenters. The van der Waals surface area contributed by atoms with Crippen molar-refractivity contribution in [3.05, 3.63) is 41.6 Å². The van der Waals surface area contributed by atoms with Gasteiger partial charge in [0.15, 0.2) is 8.32 Å². The molecule has 0 radical (unpaired) electrons. The topological polar surface area (TPSA) is 46.6 Å². The predicted molar refractivity (Wildman–Crippen MR) is 103 cm³/mol. The van der Waals surface area contributed by atoms with Crippen LogP contribution in [0, 0.1) is 6.92 Å². The lowest BCUT2D eigenvalue weighted by Gasteiger charge is -2.51. The molecule has 6 heteroatoms. The van der Waals surface area contributed by atoms with E-state index in [0.29, 0.717) is 11.4 Å². The van der Waals surface area contributed by atoms with Crippen LogP contribution in [0.1, 0.15) is 37.7 Å². The molecule has 138 valence electrons. The maximum absolute atomic E-state index is 13.3. The molecule has 0 spiro atoms. The summed E-state index contributed by atoms with van der Waals surface area (Å²) in [7, 11) is -5.33. The second kappa shape index (κ2) is 6.56. The Labute approximate surface area is 153 Å². The lowest BCUT2D eigenvalue weighted by atomic mass is 9.76. The van der Waals surface area contributed by atoms with Crippen LogP contribution in [0.15, 0.2) is 40.9 Å². The summed E-state index contributed by atoms with van der Waals surface area (Å²) in [4.78, 5) is 0.369. The Hall–Kier alpha value is -1.11. The molecule has 1 aromatic rings. The first-order chi connectivity index (χ1) is 11.6. The summed E-state index contributed by atoms with van der Waals surface area (Å²) in [6, 6.07) is 7.14. The molecule has 4 nitrogen and oxygen atoms in total. The highest BCUT2D eigenvalue weighted by molar-refractivity contribution is 7.89. The van der Waals surface area contributed by atoms with E-state index in [0.717, 1.165) is 43.4 Å². The SMILES string of the molecule is Cc1ccc(S(=O)(=O)N2CCCC=C2C2(O[Si](C)(C)C)CCC2)cc1. The molecular weight excluding hydrogens is 350 g/mol. The van der Waals surface area contributed by atoms with Gasteiger partial charge in [-0.1, -0.05) is 23.8 Å². The molecule has 1 heterocycles. The van der Waals surface area contributed by atoms with E-state index in [9.17, 15) is 8.42 Å². The van der Waals surface area contributed by atoms with E-state index in [1.54, 1.807) is 16.4 Å². The van der Waals surface area contributed by atoms with Gasteiger partial charge in [0.1, 0.15) is 0 Å². The first-order valence-corrected chi connectivity index (χ1v) is 14.0. The van der Waals surface area contributed by atoms with Crippen LogP contribution in [0.3, 0.4) is 0 Å². The van der Waals surface area contributed by atoms with Crippen LogP contribution in [0.4, 0.5) is 0 Å². The normalized spacial score (nSPS) is 20.8. The zero-order valence-electron chi connectivity index (χ0n) is 15.7. The van der Waals surface area contributed by atoms with Crippen molar-refractivity contribution in [2.45, 2.75) is 69.2 Å². The number of nitrogens with zero attached hydrogens (tertiary/aromatic N) is 1. The van der Waals surface area contributed by atoms with Crippen LogP contribution < -0.4 is 0 Å². The third-order valence-electron chi connectivity index (χ3n) is 4.91. The molecule has 0 bridgehead atoms. The smallest absolute Gasteiger partial charge is 0.264 e. The van der Waals surface area contributed by atoms with E-state index in [-0.39, 0.29) is 0 Å². The van der Waals surface area contributed by atoms with Crippen LogP contribution in [0.2, 0.25) is 19.6 Å². The summed E-state index contributed by atoms with van der Waals surface area (Å²) in [6.45, 7) is 9.03. The molecule has 1 saturated carbocycles. The molecule has 2 aliphatic rings. The van der Waals surface area contributed by atoms with Gasteiger partial charge in [-0.15, -0.1) is 0 Å². The summed E-state index contributed by atoms with van der Waals surface area (Å²) in [5.41, 5.74) is 1.54. The molecule has 1 fully saturated rings. The zero-order valence-corrected chi connectivity index (χ0v) is 17.5. The maximum Gasteiger partial charge on any atom is 0.264 e. The number of rotatable bonds is 5. The van der Waals surface area contributed by atoms with Gasteiger partial charge in [0.25, 0.3) is 10.0 Å². The molecule has 3 rings (SSSR count). The molecule has 25 heavy (non-hydrogen) atoms. The largest absolute Gasteiger partial charge is 0.407 e. The Morgan fingerprint density at radius 3 is 2.24 bits per heavy atom. The first-order valence-electron chi connectivity index (χ1n) is 9.14. The van der Waals surface area contributed by atoms with Crippen LogP contribution in [0.5, 0.6) is 0 Å². The van der Waals surface area contributed by atoms with Crippen LogP contribution in [0.25, 0.3) is 0 Å². The highest BCUT2D eigenvalue weighted by Gasteiger charge is 2.49. The van der Waals surface area contributed by atoms with E-state index in [2.05, 4.69) is 25.7 Å². The van der Waals surface area contributed by atoms with Gasteiger partial charge in [-0.2, -0.15) is 0 Å². The second-order valence-electron chi connectivity index (χ2n) is 8.18. The highest BCUT2D eigenvalue weighted by atomic mass is 32.2. The van der Waals surface area contributed by atoms with Gasteiger partial charge in [0.2, 0.25) is 0 Å². The molecule has 0 aromatic heterocycles.